The number of allylic oxidation sites excluding steroid dienone is 1. The van der Waals surface area contributed by atoms with E-state index in [1.807, 2.05) is 54.0 Å². The third-order valence-electron chi connectivity index (χ3n) is 8.49. The van der Waals surface area contributed by atoms with Crippen LogP contribution in [0.25, 0.3) is 17.1 Å². The Morgan fingerprint density at radius 3 is 2.73 bits per heavy atom. The highest BCUT2D eigenvalue weighted by atomic mass is 35.5. The number of piperazine rings is 1. The number of hydrogen-bond acceptors (Lipinski definition) is 7. The minimum atomic E-state index is -0.323. The zero-order chi connectivity index (χ0) is 30.6. The molecule has 0 bridgehead atoms. The molecule has 2 aliphatic heterocycles. The van der Waals surface area contributed by atoms with Crippen LogP contribution in [0.4, 0.5) is 5.69 Å². The van der Waals surface area contributed by atoms with Gasteiger partial charge in [0.05, 0.1) is 29.2 Å². The van der Waals surface area contributed by atoms with Crippen LogP contribution in [0.1, 0.15) is 47.3 Å². The molecular weight excluding hydrogens is 578 g/mol. The number of nitrogens with zero attached hydrogens (tertiary/aromatic N) is 3. The van der Waals surface area contributed by atoms with E-state index in [2.05, 4.69) is 20.1 Å². The van der Waals surface area contributed by atoms with Crippen LogP contribution in [0, 0.1) is 0 Å². The van der Waals surface area contributed by atoms with E-state index in [0.29, 0.717) is 30.5 Å². The van der Waals surface area contributed by atoms with Crippen LogP contribution in [-0.4, -0.2) is 71.2 Å². The predicted molar refractivity (Wildman–Crippen MR) is 175 cm³/mol. The molecule has 2 fully saturated rings. The highest BCUT2D eigenvalue weighted by molar-refractivity contribution is 6.32. The molecular formula is C34H38ClN5O4. The lowest BCUT2D eigenvalue weighted by Gasteiger charge is -2.33. The number of benzene rings is 3. The van der Waals surface area contributed by atoms with Crippen LogP contribution < -0.4 is 20.6 Å². The number of para-hydroxylation sites is 2. The van der Waals surface area contributed by atoms with Crippen LogP contribution >= 0.6 is 11.6 Å². The van der Waals surface area contributed by atoms with E-state index in [9.17, 15) is 14.7 Å². The van der Waals surface area contributed by atoms with E-state index in [0.717, 1.165) is 73.4 Å². The Labute approximate surface area is 261 Å². The highest BCUT2D eigenvalue weighted by Crippen LogP contribution is 2.33. The molecule has 6 rings (SSSR count). The molecule has 1 unspecified atom stereocenters. The number of piperidine rings is 1. The van der Waals surface area contributed by atoms with Crippen molar-refractivity contribution in [1.29, 1.82) is 0 Å². The summed E-state index contributed by atoms with van der Waals surface area (Å²) in [7, 11) is 0. The number of nitrogens with one attached hydrogen (secondary N) is 2. The summed E-state index contributed by atoms with van der Waals surface area (Å²) in [6.07, 6.45) is 4.97. The summed E-state index contributed by atoms with van der Waals surface area (Å²) < 4.78 is 7.74. The van der Waals surface area contributed by atoms with Crippen molar-refractivity contribution < 1.29 is 14.6 Å². The molecule has 3 N–H and O–H groups in total. The number of phenols is 1. The minimum Gasteiger partial charge on any atom is -0.507 e. The number of phenolic OH excluding ortho intramolecular Hbond substituents is 1. The number of anilines is 1. The maximum atomic E-state index is 13.3. The molecule has 3 heterocycles. The molecule has 1 atom stereocenters. The standard InChI is InChI=1S/C34H38ClN5O4/c1-2-44-33-20-32(42)27(31(41)12-10-23-9-11-25(19-28(23)35)39-16-13-36-14-17-39)18-24(33)21-38-15-5-6-26(22-38)40-30-8-4-3-7-29(30)37-34(40)43/h3-4,7-12,18-20,26,36,42H,2,5-6,13-17,21-22H2,1H3,(H,37,43)/b12-10+. The Balaban J connectivity index is 1.20. The Bertz CT molecular complexity index is 1740. The maximum absolute atomic E-state index is 13.3. The monoisotopic (exact) mass is 615 g/mol. The molecule has 0 radical (unpaired) electrons. The molecule has 3 aromatic carbocycles. The molecule has 9 nitrogen and oxygen atoms in total. The predicted octanol–water partition coefficient (Wildman–Crippen LogP) is 5.23. The Morgan fingerprint density at radius 1 is 1.11 bits per heavy atom. The van der Waals surface area contributed by atoms with Gasteiger partial charge in [0.1, 0.15) is 11.5 Å². The third-order valence-corrected chi connectivity index (χ3v) is 8.82. The average Bonchev–Trinajstić information content (AvgIpc) is 3.37. The van der Waals surface area contributed by atoms with Crippen LogP contribution in [0.15, 0.2) is 65.5 Å². The summed E-state index contributed by atoms with van der Waals surface area (Å²) >= 11 is 6.59. The number of likely N-dealkylation sites (tertiary alicyclic amines) is 1. The van der Waals surface area contributed by atoms with Crippen molar-refractivity contribution in [3.8, 4) is 11.5 Å². The van der Waals surface area contributed by atoms with Gasteiger partial charge in [0.15, 0.2) is 5.78 Å². The molecule has 0 saturated carbocycles. The van der Waals surface area contributed by atoms with E-state index in [1.54, 1.807) is 12.1 Å². The molecule has 4 aromatic rings. The molecule has 0 aliphatic carbocycles. The number of carbonyl (C=O) groups is 1. The van der Waals surface area contributed by atoms with Crippen molar-refractivity contribution in [2.45, 2.75) is 32.4 Å². The van der Waals surface area contributed by atoms with Gasteiger partial charge in [0.25, 0.3) is 0 Å². The van der Waals surface area contributed by atoms with Crippen molar-refractivity contribution in [1.82, 2.24) is 19.8 Å². The summed E-state index contributed by atoms with van der Waals surface area (Å²) in [4.78, 5) is 33.7. The third kappa shape index (κ3) is 6.40. The fourth-order valence-electron chi connectivity index (χ4n) is 6.31. The highest BCUT2D eigenvalue weighted by Gasteiger charge is 2.26. The first kappa shape index (κ1) is 30.0. The summed E-state index contributed by atoms with van der Waals surface area (Å²) in [6.45, 7) is 8.08. The van der Waals surface area contributed by atoms with E-state index >= 15 is 0 Å². The number of ether oxygens (including phenoxy) is 1. The van der Waals surface area contributed by atoms with Crippen LogP contribution in [0.5, 0.6) is 11.5 Å². The largest absolute Gasteiger partial charge is 0.507 e. The number of aromatic amines is 1. The quantitative estimate of drug-likeness (QED) is 0.175. The lowest BCUT2D eigenvalue weighted by Crippen LogP contribution is -2.43. The topological polar surface area (TPSA) is 103 Å². The Hall–Kier alpha value is -4.05. The van der Waals surface area contributed by atoms with Gasteiger partial charge in [-0.1, -0.05) is 29.8 Å². The van der Waals surface area contributed by atoms with Gasteiger partial charge in [-0.2, -0.15) is 0 Å². The SMILES string of the molecule is CCOc1cc(O)c(C(=O)/C=C/c2ccc(N3CCNCC3)cc2Cl)cc1CN1CCCC(n2c(=O)[nH]c3ccccc32)C1. The molecule has 0 amide bonds. The maximum Gasteiger partial charge on any atom is 0.326 e. The number of H-pyrrole nitrogens is 1. The van der Waals surface area contributed by atoms with Gasteiger partial charge < -0.3 is 25.0 Å². The second kappa shape index (κ2) is 13.3. The first-order chi connectivity index (χ1) is 21.4. The number of ketones is 1. The first-order valence-corrected chi connectivity index (χ1v) is 15.7. The smallest absolute Gasteiger partial charge is 0.326 e. The molecule has 230 valence electrons. The van der Waals surface area contributed by atoms with Crippen LogP contribution in [0.3, 0.4) is 0 Å². The normalized spacial score (nSPS) is 17.9. The van der Waals surface area contributed by atoms with Crippen molar-refractivity contribution in [3.05, 3.63) is 92.9 Å². The molecule has 2 saturated heterocycles. The number of fused-ring (bicyclic) bond motifs is 1. The average molecular weight is 616 g/mol. The zero-order valence-corrected chi connectivity index (χ0v) is 25.6. The van der Waals surface area contributed by atoms with Gasteiger partial charge in [-0.3, -0.25) is 14.3 Å². The number of aromatic hydroxyl groups is 1. The number of halogens is 1. The van der Waals surface area contributed by atoms with Gasteiger partial charge in [-0.05, 0) is 74.4 Å². The number of aromatic nitrogens is 2. The van der Waals surface area contributed by atoms with Crippen LogP contribution in [0.2, 0.25) is 5.02 Å². The molecule has 0 spiro atoms. The number of imidazole rings is 1. The van der Waals surface area contributed by atoms with E-state index in [4.69, 9.17) is 16.3 Å². The van der Waals surface area contributed by atoms with Crippen molar-refractivity contribution in [2.24, 2.45) is 0 Å². The number of rotatable bonds is 9. The van der Waals surface area contributed by atoms with Crippen molar-refractivity contribution >= 4 is 40.2 Å². The van der Waals surface area contributed by atoms with Crippen LogP contribution in [-0.2, 0) is 6.54 Å². The van der Waals surface area contributed by atoms with E-state index in [-0.39, 0.29) is 28.8 Å². The molecule has 10 heteroatoms. The number of carbonyl (C=O) groups excluding carboxylic acids is 1. The minimum absolute atomic E-state index is 0.0202. The van der Waals surface area contributed by atoms with E-state index < -0.39 is 0 Å². The zero-order valence-electron chi connectivity index (χ0n) is 24.9. The summed E-state index contributed by atoms with van der Waals surface area (Å²) in [5, 5.41) is 14.7. The number of hydrogen-bond donors (Lipinski definition) is 3. The summed E-state index contributed by atoms with van der Waals surface area (Å²) in [5.74, 6) is 0.0910. The van der Waals surface area contributed by atoms with E-state index in [1.165, 1.54) is 12.1 Å². The lowest BCUT2D eigenvalue weighted by molar-refractivity contribution is 0.104. The fraction of sp³-hybridized carbons (Fsp3) is 0.353. The van der Waals surface area contributed by atoms with Gasteiger partial charge in [0.2, 0.25) is 0 Å². The Morgan fingerprint density at radius 2 is 1.93 bits per heavy atom. The van der Waals surface area contributed by atoms with Gasteiger partial charge in [-0.15, -0.1) is 0 Å². The second-order valence-electron chi connectivity index (χ2n) is 11.4. The summed E-state index contributed by atoms with van der Waals surface area (Å²) in [6, 6.07) is 16.9. The molecule has 1 aromatic heterocycles. The van der Waals surface area contributed by atoms with Gasteiger partial charge >= 0.3 is 5.69 Å². The molecule has 44 heavy (non-hydrogen) atoms. The first-order valence-electron chi connectivity index (χ1n) is 15.3. The van der Waals surface area contributed by atoms with Gasteiger partial charge in [0, 0.05) is 61.6 Å². The van der Waals surface area contributed by atoms with Crippen molar-refractivity contribution in [3.63, 3.8) is 0 Å². The second-order valence-corrected chi connectivity index (χ2v) is 11.8. The fourth-order valence-corrected chi connectivity index (χ4v) is 6.55. The van der Waals surface area contributed by atoms with Crippen molar-refractivity contribution in [2.75, 3.05) is 50.8 Å². The Kier molecular flexibility index (Phi) is 9.07. The molecule has 2 aliphatic rings. The lowest BCUT2D eigenvalue weighted by atomic mass is 10.0. The van der Waals surface area contributed by atoms with Gasteiger partial charge in [-0.25, -0.2) is 4.79 Å². The summed E-state index contributed by atoms with van der Waals surface area (Å²) in [5.41, 5.74) is 4.44.